The molecule has 1 aliphatic rings. The number of ether oxygens (including phenoxy) is 1. The molecular formula is C21H20N4O5. The first kappa shape index (κ1) is 19.4. The molecule has 1 atom stereocenters. The number of hydrogen-bond donors (Lipinski definition) is 1. The van der Waals surface area contributed by atoms with Crippen LogP contribution in [0.3, 0.4) is 0 Å². The molecule has 0 saturated carbocycles. The maximum absolute atomic E-state index is 12.9. The quantitative estimate of drug-likeness (QED) is 0.644. The molecule has 0 bridgehead atoms. The lowest BCUT2D eigenvalue weighted by atomic mass is 10.0. The molecule has 3 aromatic rings. The molecule has 0 radical (unpaired) electrons. The van der Waals surface area contributed by atoms with E-state index in [1.165, 1.54) is 5.01 Å². The van der Waals surface area contributed by atoms with Gasteiger partial charge in [0.1, 0.15) is 17.4 Å². The molecule has 2 N–H and O–H groups in total. The highest BCUT2D eigenvalue weighted by Gasteiger charge is 2.35. The summed E-state index contributed by atoms with van der Waals surface area (Å²) in [4.78, 5) is 25.1. The van der Waals surface area contributed by atoms with Crippen LogP contribution < -0.4 is 5.73 Å². The van der Waals surface area contributed by atoms with E-state index in [-0.39, 0.29) is 11.4 Å². The van der Waals surface area contributed by atoms with Gasteiger partial charge in [-0.2, -0.15) is 5.10 Å². The summed E-state index contributed by atoms with van der Waals surface area (Å²) in [5, 5.41) is 9.40. The standard InChI is InChI=1S/C21H20N4O5/c1-12-5-7-14(8-6-12)15-10-16(17-4-3-9-28-17)25(23-15)18(26)11-29-21(27)19-13(2)24-30-20(19)22/h3-9,16H,10-11,22H2,1-2H3. The number of aromatic nitrogens is 1. The van der Waals surface area contributed by atoms with E-state index < -0.39 is 24.5 Å². The van der Waals surface area contributed by atoms with E-state index in [9.17, 15) is 9.59 Å². The number of rotatable bonds is 5. The van der Waals surface area contributed by atoms with Crippen molar-refractivity contribution < 1.29 is 23.3 Å². The molecule has 0 aliphatic carbocycles. The van der Waals surface area contributed by atoms with E-state index in [2.05, 4.69) is 10.3 Å². The number of furan rings is 1. The molecule has 9 heteroatoms. The number of hydrazone groups is 1. The van der Waals surface area contributed by atoms with E-state index in [4.69, 9.17) is 19.4 Å². The zero-order valence-corrected chi connectivity index (χ0v) is 16.5. The van der Waals surface area contributed by atoms with Crippen molar-refractivity contribution in [3.05, 3.63) is 70.8 Å². The summed E-state index contributed by atoms with van der Waals surface area (Å²) in [6, 6.07) is 11.0. The van der Waals surface area contributed by atoms with Gasteiger partial charge in [0.25, 0.3) is 5.91 Å². The second-order valence-electron chi connectivity index (χ2n) is 6.97. The van der Waals surface area contributed by atoms with Crippen LogP contribution in [0.5, 0.6) is 0 Å². The van der Waals surface area contributed by atoms with Crippen molar-refractivity contribution >= 4 is 23.5 Å². The van der Waals surface area contributed by atoms with Gasteiger partial charge in [-0.3, -0.25) is 4.79 Å². The number of anilines is 1. The number of esters is 1. The van der Waals surface area contributed by atoms with Gasteiger partial charge in [0.2, 0.25) is 5.88 Å². The molecule has 3 heterocycles. The number of carbonyl (C=O) groups is 2. The summed E-state index contributed by atoms with van der Waals surface area (Å²) in [6.45, 7) is 3.05. The Morgan fingerprint density at radius 1 is 1.23 bits per heavy atom. The molecule has 1 aromatic carbocycles. The van der Waals surface area contributed by atoms with Crippen molar-refractivity contribution in [3.63, 3.8) is 0 Å². The Morgan fingerprint density at radius 3 is 2.63 bits per heavy atom. The minimum absolute atomic E-state index is 0.00986. The average Bonchev–Trinajstić information content (AvgIpc) is 3.46. The fourth-order valence-electron chi connectivity index (χ4n) is 3.26. The van der Waals surface area contributed by atoms with Gasteiger partial charge >= 0.3 is 5.97 Å². The van der Waals surface area contributed by atoms with Gasteiger partial charge in [0, 0.05) is 6.42 Å². The smallest absolute Gasteiger partial charge is 0.346 e. The third kappa shape index (κ3) is 3.69. The number of carbonyl (C=O) groups excluding carboxylic acids is 2. The lowest BCUT2D eigenvalue weighted by molar-refractivity contribution is -0.136. The second-order valence-corrected chi connectivity index (χ2v) is 6.97. The van der Waals surface area contributed by atoms with Crippen molar-refractivity contribution in [1.29, 1.82) is 0 Å². The molecule has 154 valence electrons. The van der Waals surface area contributed by atoms with Gasteiger partial charge in [0.15, 0.2) is 6.61 Å². The van der Waals surface area contributed by atoms with Crippen molar-refractivity contribution in [1.82, 2.24) is 10.2 Å². The molecule has 9 nitrogen and oxygen atoms in total. The van der Waals surface area contributed by atoms with Crippen LogP contribution in [-0.4, -0.2) is 34.4 Å². The van der Waals surface area contributed by atoms with Gasteiger partial charge in [-0.05, 0) is 31.5 Å². The highest BCUT2D eigenvalue weighted by molar-refractivity contribution is 6.03. The first-order valence-electron chi connectivity index (χ1n) is 9.33. The van der Waals surface area contributed by atoms with Crippen LogP contribution in [0.1, 0.15) is 45.4 Å². The number of amides is 1. The minimum atomic E-state index is -0.781. The van der Waals surface area contributed by atoms with Crippen LogP contribution in [0.15, 0.2) is 56.7 Å². The molecule has 1 amide bonds. The molecule has 0 spiro atoms. The highest BCUT2D eigenvalue weighted by Crippen LogP contribution is 2.33. The maximum atomic E-state index is 12.9. The van der Waals surface area contributed by atoms with Crippen molar-refractivity contribution in [2.45, 2.75) is 26.3 Å². The number of nitrogens with two attached hydrogens (primary N) is 1. The van der Waals surface area contributed by atoms with Gasteiger partial charge in [-0.25, -0.2) is 9.80 Å². The number of benzene rings is 1. The number of nitrogen functional groups attached to an aromatic ring is 1. The van der Waals surface area contributed by atoms with Crippen molar-refractivity contribution in [2.24, 2.45) is 5.10 Å². The summed E-state index contributed by atoms with van der Waals surface area (Å²) >= 11 is 0. The SMILES string of the molecule is Cc1ccc(C2=NN(C(=O)COC(=O)c3c(C)noc3N)C(c3ccco3)C2)cc1. The third-order valence-corrected chi connectivity index (χ3v) is 4.84. The topological polar surface area (TPSA) is 124 Å². The van der Waals surface area contributed by atoms with Crippen LogP contribution in [-0.2, 0) is 9.53 Å². The Kier molecular flexibility index (Phi) is 5.09. The summed E-state index contributed by atoms with van der Waals surface area (Å²) in [5.41, 5.74) is 8.68. The first-order valence-corrected chi connectivity index (χ1v) is 9.33. The van der Waals surface area contributed by atoms with Crippen LogP contribution in [0.25, 0.3) is 0 Å². The molecule has 2 aromatic heterocycles. The lowest BCUT2D eigenvalue weighted by Crippen LogP contribution is -2.31. The van der Waals surface area contributed by atoms with Crippen molar-refractivity contribution in [2.75, 3.05) is 12.3 Å². The van der Waals surface area contributed by atoms with E-state index in [1.807, 2.05) is 31.2 Å². The summed E-state index contributed by atoms with van der Waals surface area (Å²) in [5.74, 6) is -0.824. The molecule has 0 saturated heterocycles. The molecule has 30 heavy (non-hydrogen) atoms. The molecule has 1 unspecified atom stereocenters. The first-order chi connectivity index (χ1) is 14.4. The normalized spacial score (nSPS) is 15.9. The highest BCUT2D eigenvalue weighted by atomic mass is 16.5. The minimum Gasteiger partial charge on any atom is -0.467 e. The van der Waals surface area contributed by atoms with Gasteiger partial charge in [-0.15, -0.1) is 0 Å². The summed E-state index contributed by atoms with van der Waals surface area (Å²) in [7, 11) is 0. The van der Waals surface area contributed by atoms with Crippen LogP contribution in [0, 0.1) is 13.8 Å². The fourth-order valence-corrected chi connectivity index (χ4v) is 3.26. The van der Waals surface area contributed by atoms with Gasteiger partial charge in [0.05, 0.1) is 17.7 Å². The molecule has 1 aliphatic heterocycles. The predicted octanol–water partition coefficient (Wildman–Crippen LogP) is 3.00. The molecular weight excluding hydrogens is 388 g/mol. The lowest BCUT2D eigenvalue weighted by Gasteiger charge is -2.19. The van der Waals surface area contributed by atoms with Crippen LogP contribution in [0.4, 0.5) is 5.88 Å². The van der Waals surface area contributed by atoms with Gasteiger partial charge in [-0.1, -0.05) is 35.0 Å². The van der Waals surface area contributed by atoms with E-state index >= 15 is 0 Å². The average molecular weight is 408 g/mol. The van der Waals surface area contributed by atoms with E-state index in [0.717, 1.165) is 16.8 Å². The van der Waals surface area contributed by atoms with Gasteiger partial charge < -0.3 is 19.4 Å². The summed E-state index contributed by atoms with van der Waals surface area (Å²) in [6.07, 6.45) is 2.02. The summed E-state index contributed by atoms with van der Waals surface area (Å²) < 4.78 is 15.4. The second kappa shape index (κ2) is 7.86. The molecule has 0 fully saturated rings. The zero-order valence-electron chi connectivity index (χ0n) is 16.5. The Hall–Kier alpha value is -3.88. The Labute approximate surface area is 172 Å². The van der Waals surface area contributed by atoms with E-state index in [1.54, 1.807) is 25.3 Å². The van der Waals surface area contributed by atoms with E-state index in [0.29, 0.717) is 17.9 Å². The Balaban J connectivity index is 1.53. The predicted molar refractivity (Wildman–Crippen MR) is 107 cm³/mol. The monoisotopic (exact) mass is 408 g/mol. The number of nitrogens with zero attached hydrogens (tertiary/aromatic N) is 3. The number of aryl methyl sites for hydroxylation is 2. The Morgan fingerprint density at radius 2 is 2.00 bits per heavy atom. The largest absolute Gasteiger partial charge is 0.467 e. The Bertz CT molecular complexity index is 1080. The van der Waals surface area contributed by atoms with Crippen molar-refractivity contribution in [3.8, 4) is 0 Å². The van der Waals surface area contributed by atoms with Crippen LogP contribution >= 0.6 is 0 Å². The fraction of sp³-hybridized carbons (Fsp3) is 0.238. The zero-order chi connectivity index (χ0) is 21.3. The molecule has 4 rings (SSSR count). The maximum Gasteiger partial charge on any atom is 0.346 e. The third-order valence-electron chi connectivity index (χ3n) is 4.84. The number of hydrogen-bond acceptors (Lipinski definition) is 8. The van der Waals surface area contributed by atoms with Crippen LogP contribution in [0.2, 0.25) is 0 Å².